The summed E-state index contributed by atoms with van der Waals surface area (Å²) in [6.07, 6.45) is 0. The maximum atomic E-state index is 13.1. The van der Waals surface area contributed by atoms with Crippen molar-refractivity contribution in [1.82, 2.24) is 9.97 Å². The molecular formula is C15H15FN4O. The second-order valence-electron chi connectivity index (χ2n) is 4.82. The topological polar surface area (TPSA) is 81.6 Å². The molecule has 1 heterocycles. The van der Waals surface area contributed by atoms with Crippen molar-refractivity contribution < 1.29 is 4.39 Å². The fourth-order valence-electron chi connectivity index (χ4n) is 2.29. The number of aryl methyl sites for hydroxylation is 2. The second kappa shape index (κ2) is 5.75. The van der Waals surface area contributed by atoms with Gasteiger partial charge < -0.3 is 10.3 Å². The molecule has 6 heteroatoms. The van der Waals surface area contributed by atoms with Crippen molar-refractivity contribution in [3.63, 3.8) is 0 Å². The Balaban J connectivity index is 2.38. The predicted octanol–water partition coefficient (Wildman–Crippen LogP) is 2.57. The molecule has 0 bridgehead atoms. The number of nitriles is 1. The monoisotopic (exact) mass is 286 g/mol. The molecule has 0 aliphatic heterocycles. The van der Waals surface area contributed by atoms with Gasteiger partial charge in [-0.05, 0) is 39.0 Å². The Kier molecular flexibility index (Phi) is 4.03. The molecule has 0 saturated heterocycles. The van der Waals surface area contributed by atoms with Crippen LogP contribution in [0.3, 0.4) is 0 Å². The summed E-state index contributed by atoms with van der Waals surface area (Å²) in [5.74, 6) is 0.0729. The zero-order valence-corrected chi connectivity index (χ0v) is 12.0. The van der Waals surface area contributed by atoms with E-state index in [2.05, 4.69) is 15.3 Å². The van der Waals surface area contributed by atoms with E-state index in [9.17, 15) is 9.18 Å². The van der Waals surface area contributed by atoms with Crippen LogP contribution in [0.2, 0.25) is 0 Å². The van der Waals surface area contributed by atoms with Crippen molar-refractivity contribution in [2.24, 2.45) is 0 Å². The van der Waals surface area contributed by atoms with Gasteiger partial charge in [0, 0.05) is 0 Å². The van der Waals surface area contributed by atoms with E-state index in [-0.39, 0.29) is 17.2 Å². The number of hydrogen-bond acceptors (Lipinski definition) is 4. The van der Waals surface area contributed by atoms with Crippen molar-refractivity contribution in [3.8, 4) is 6.07 Å². The van der Waals surface area contributed by atoms with Crippen molar-refractivity contribution in [3.05, 3.63) is 57.0 Å². The highest BCUT2D eigenvalue weighted by molar-refractivity contribution is 5.58. The predicted molar refractivity (Wildman–Crippen MR) is 77.5 cm³/mol. The molecule has 0 aliphatic carbocycles. The van der Waals surface area contributed by atoms with Crippen LogP contribution in [0.25, 0.3) is 0 Å². The molecule has 0 amide bonds. The summed E-state index contributed by atoms with van der Waals surface area (Å²) in [5, 5.41) is 12.1. The Labute approximate surface area is 121 Å². The highest BCUT2D eigenvalue weighted by Gasteiger charge is 2.16. The van der Waals surface area contributed by atoms with Gasteiger partial charge in [-0.1, -0.05) is 0 Å². The number of hydrogen-bond donors (Lipinski definition) is 2. The fourth-order valence-corrected chi connectivity index (χ4v) is 2.29. The van der Waals surface area contributed by atoms with Gasteiger partial charge in [0.25, 0.3) is 5.56 Å². The third kappa shape index (κ3) is 3.08. The quantitative estimate of drug-likeness (QED) is 0.908. The van der Waals surface area contributed by atoms with E-state index in [1.165, 1.54) is 12.1 Å². The molecule has 5 nitrogen and oxygen atoms in total. The van der Waals surface area contributed by atoms with Crippen LogP contribution >= 0.6 is 0 Å². The van der Waals surface area contributed by atoms with Gasteiger partial charge in [-0.25, -0.2) is 9.37 Å². The zero-order chi connectivity index (χ0) is 15.6. The molecule has 1 atom stereocenters. The summed E-state index contributed by atoms with van der Waals surface area (Å²) < 4.78 is 13.1. The van der Waals surface area contributed by atoms with Gasteiger partial charge in [-0.15, -0.1) is 0 Å². The van der Waals surface area contributed by atoms with E-state index >= 15 is 0 Å². The van der Waals surface area contributed by atoms with Gasteiger partial charge in [0.15, 0.2) is 0 Å². The first-order valence-electron chi connectivity index (χ1n) is 6.46. The minimum Gasteiger partial charge on any atom is -0.377 e. The largest absolute Gasteiger partial charge is 0.377 e. The first kappa shape index (κ1) is 14.7. The lowest BCUT2D eigenvalue weighted by Gasteiger charge is -2.17. The Bertz CT molecular complexity index is 776. The molecule has 0 saturated carbocycles. The number of aromatic amines is 1. The van der Waals surface area contributed by atoms with E-state index in [1.807, 2.05) is 6.07 Å². The highest BCUT2D eigenvalue weighted by atomic mass is 19.1. The molecular weight excluding hydrogens is 271 g/mol. The third-order valence-electron chi connectivity index (χ3n) is 3.17. The van der Waals surface area contributed by atoms with Crippen LogP contribution in [0.1, 0.15) is 35.6 Å². The highest BCUT2D eigenvalue weighted by Crippen LogP contribution is 2.22. The molecule has 108 valence electrons. The average molecular weight is 286 g/mol. The summed E-state index contributed by atoms with van der Waals surface area (Å²) in [6, 6.07) is 5.46. The number of rotatable bonds is 3. The van der Waals surface area contributed by atoms with E-state index in [0.29, 0.717) is 22.8 Å². The van der Waals surface area contributed by atoms with Crippen LogP contribution < -0.4 is 10.9 Å². The summed E-state index contributed by atoms with van der Waals surface area (Å²) in [6.45, 7) is 5.26. The number of benzene rings is 1. The minimum absolute atomic E-state index is 0.191. The molecule has 1 aromatic heterocycles. The summed E-state index contributed by atoms with van der Waals surface area (Å²) in [5.41, 5.74) is 1.56. The van der Waals surface area contributed by atoms with Crippen LogP contribution in [-0.4, -0.2) is 9.97 Å². The third-order valence-corrected chi connectivity index (χ3v) is 3.17. The maximum Gasteiger partial charge on any atom is 0.256 e. The summed E-state index contributed by atoms with van der Waals surface area (Å²) in [7, 11) is 0. The molecule has 0 fully saturated rings. The number of H-pyrrole nitrogens is 1. The lowest BCUT2D eigenvalue weighted by molar-refractivity contribution is 0.627. The minimum atomic E-state index is -0.476. The Morgan fingerprint density at radius 1 is 1.43 bits per heavy atom. The van der Waals surface area contributed by atoms with Crippen molar-refractivity contribution in [1.29, 1.82) is 5.26 Å². The first-order valence-corrected chi connectivity index (χ1v) is 6.46. The standard InChI is InChI=1S/C15H15FN4O/c1-8-14(15(21)20-10(3)18-8)9(2)19-13-5-4-12(16)6-11(13)7-17/h4-6,9,19H,1-3H3,(H,18,20,21). The van der Waals surface area contributed by atoms with Crippen LogP contribution in [0.5, 0.6) is 0 Å². The molecule has 2 N–H and O–H groups in total. The number of nitrogens with zero attached hydrogens (tertiary/aromatic N) is 2. The van der Waals surface area contributed by atoms with Crippen LogP contribution in [0, 0.1) is 31.0 Å². The maximum absolute atomic E-state index is 13.1. The van der Waals surface area contributed by atoms with E-state index in [4.69, 9.17) is 5.26 Å². The summed E-state index contributed by atoms with van der Waals surface area (Å²) in [4.78, 5) is 18.9. The van der Waals surface area contributed by atoms with Gasteiger partial charge in [-0.2, -0.15) is 5.26 Å². The Morgan fingerprint density at radius 2 is 2.14 bits per heavy atom. The van der Waals surface area contributed by atoms with Gasteiger partial charge >= 0.3 is 0 Å². The van der Waals surface area contributed by atoms with Gasteiger partial charge in [-0.3, -0.25) is 4.79 Å². The number of anilines is 1. The van der Waals surface area contributed by atoms with E-state index in [1.54, 1.807) is 20.8 Å². The van der Waals surface area contributed by atoms with E-state index in [0.717, 1.165) is 6.07 Å². The van der Waals surface area contributed by atoms with E-state index < -0.39 is 5.82 Å². The van der Waals surface area contributed by atoms with Crippen molar-refractivity contribution in [2.75, 3.05) is 5.32 Å². The number of nitrogens with one attached hydrogen (secondary N) is 2. The molecule has 2 aromatic rings. The van der Waals surface area contributed by atoms with Crippen molar-refractivity contribution in [2.45, 2.75) is 26.8 Å². The Hall–Kier alpha value is -2.68. The smallest absolute Gasteiger partial charge is 0.256 e. The number of halogens is 1. The summed E-state index contributed by atoms with van der Waals surface area (Å²) >= 11 is 0. The number of aromatic nitrogens is 2. The van der Waals surface area contributed by atoms with Crippen LogP contribution in [0.15, 0.2) is 23.0 Å². The molecule has 1 aromatic carbocycles. The van der Waals surface area contributed by atoms with Gasteiger partial charge in [0.05, 0.1) is 28.6 Å². The van der Waals surface area contributed by atoms with Gasteiger partial charge in [0.2, 0.25) is 0 Å². The molecule has 0 radical (unpaired) electrons. The second-order valence-corrected chi connectivity index (χ2v) is 4.82. The normalized spacial score (nSPS) is 11.8. The zero-order valence-electron chi connectivity index (χ0n) is 12.0. The molecule has 21 heavy (non-hydrogen) atoms. The molecule has 0 spiro atoms. The van der Waals surface area contributed by atoms with Crippen LogP contribution in [-0.2, 0) is 0 Å². The van der Waals surface area contributed by atoms with Gasteiger partial charge in [0.1, 0.15) is 17.7 Å². The van der Waals surface area contributed by atoms with Crippen molar-refractivity contribution >= 4 is 5.69 Å². The van der Waals surface area contributed by atoms with Crippen LogP contribution in [0.4, 0.5) is 10.1 Å². The SMILES string of the molecule is Cc1nc(C)c(C(C)Nc2ccc(F)cc2C#N)c(=O)[nH]1. The molecule has 1 unspecified atom stereocenters. The molecule has 2 rings (SSSR count). The lowest BCUT2D eigenvalue weighted by atomic mass is 10.1. The average Bonchev–Trinajstić information content (AvgIpc) is 2.39. The first-order chi connectivity index (χ1) is 9.92. The lowest BCUT2D eigenvalue weighted by Crippen LogP contribution is -2.23. The fraction of sp³-hybridized carbons (Fsp3) is 0.267. The molecule has 0 aliphatic rings. The Morgan fingerprint density at radius 3 is 2.76 bits per heavy atom.